The molecular weight excluding hydrogens is 481 g/mol. The van der Waals surface area contributed by atoms with Crippen LogP contribution < -0.4 is 15.4 Å². The number of amides is 1. The highest BCUT2D eigenvalue weighted by Gasteiger charge is 2.39. The molecule has 5 nitrogen and oxygen atoms in total. The molecule has 2 N–H and O–H groups in total. The van der Waals surface area contributed by atoms with E-state index in [4.69, 9.17) is 16.3 Å². The molecule has 1 amide bonds. The first-order valence-electron chi connectivity index (χ1n) is 10.5. The molecule has 0 bridgehead atoms. The highest BCUT2D eigenvalue weighted by Crippen LogP contribution is 2.35. The number of halogens is 6. The van der Waals surface area contributed by atoms with Crippen molar-refractivity contribution >= 4 is 28.9 Å². The smallest absolute Gasteiger partial charge is 0.425 e. The first kappa shape index (κ1) is 25.6. The van der Waals surface area contributed by atoms with E-state index in [-0.39, 0.29) is 16.8 Å². The molecule has 184 valence electrons. The van der Waals surface area contributed by atoms with Crippen molar-refractivity contribution in [3.63, 3.8) is 0 Å². The van der Waals surface area contributed by atoms with Gasteiger partial charge in [0.1, 0.15) is 17.4 Å². The van der Waals surface area contributed by atoms with Crippen molar-refractivity contribution in [2.75, 3.05) is 17.2 Å². The van der Waals surface area contributed by atoms with Gasteiger partial charge in [-0.2, -0.15) is 13.2 Å². The van der Waals surface area contributed by atoms with Crippen LogP contribution in [0, 0.1) is 11.6 Å². The molecular formula is C23H23ClF5N3O2. The lowest BCUT2D eigenvalue weighted by Gasteiger charge is -2.26. The molecule has 1 saturated carbocycles. The molecule has 11 heteroatoms. The fourth-order valence-corrected chi connectivity index (χ4v) is 3.47. The molecule has 0 saturated heterocycles. The van der Waals surface area contributed by atoms with Gasteiger partial charge >= 0.3 is 6.18 Å². The van der Waals surface area contributed by atoms with Crippen molar-refractivity contribution in [3.8, 4) is 5.75 Å². The first-order chi connectivity index (χ1) is 15.9. The SMILES string of the molecule is C=C(Nc1cc(O[C@@H](C)C(F)(F)F)c(C(=O)Nc2c(F)cccc2Cl)cc1F)N(CC)C1CC1. The van der Waals surface area contributed by atoms with Gasteiger partial charge in [0, 0.05) is 18.7 Å². The third-order valence-corrected chi connectivity index (χ3v) is 5.55. The lowest BCUT2D eigenvalue weighted by molar-refractivity contribution is -0.189. The number of carbonyl (C=O) groups excluding carboxylic acids is 1. The first-order valence-corrected chi connectivity index (χ1v) is 10.8. The predicted molar refractivity (Wildman–Crippen MR) is 120 cm³/mol. The Hall–Kier alpha value is -3.01. The van der Waals surface area contributed by atoms with Gasteiger partial charge in [-0.05, 0) is 44.9 Å². The van der Waals surface area contributed by atoms with Crippen LogP contribution in [-0.2, 0) is 0 Å². The standard InChI is InChI=1S/C23H23ClF5N3O2/c1-4-32(14-8-9-14)13(3)30-19-11-20(34-12(2)23(27,28)29)15(10-18(19)26)22(33)31-21-16(24)6-5-7-17(21)25/h5-7,10-12,14,30H,3-4,8-9H2,1-2H3,(H,31,33)/t12-/m0/s1. The van der Waals surface area contributed by atoms with Crippen molar-refractivity contribution < 1.29 is 31.5 Å². The summed E-state index contributed by atoms with van der Waals surface area (Å²) in [7, 11) is 0. The zero-order chi connectivity index (χ0) is 25.2. The Bertz CT molecular complexity index is 1070. The van der Waals surface area contributed by atoms with Crippen molar-refractivity contribution in [3.05, 3.63) is 65.0 Å². The minimum atomic E-state index is -4.75. The van der Waals surface area contributed by atoms with Crippen LogP contribution in [0.4, 0.5) is 33.3 Å². The van der Waals surface area contributed by atoms with E-state index in [1.54, 1.807) is 0 Å². The molecule has 1 aliphatic rings. The summed E-state index contributed by atoms with van der Waals surface area (Å²) in [5, 5.41) is 4.77. The quantitative estimate of drug-likeness (QED) is 0.380. The normalized spacial score (nSPS) is 14.4. The molecule has 0 aromatic heterocycles. The van der Waals surface area contributed by atoms with Crippen LogP contribution in [0.15, 0.2) is 42.7 Å². The summed E-state index contributed by atoms with van der Waals surface area (Å²) in [5.74, 6) is -3.12. The number of anilines is 2. The minimum Gasteiger partial charge on any atom is -0.480 e. The van der Waals surface area contributed by atoms with Crippen molar-refractivity contribution in [2.24, 2.45) is 0 Å². The van der Waals surface area contributed by atoms with Gasteiger partial charge in [-0.3, -0.25) is 4.79 Å². The van der Waals surface area contributed by atoms with Gasteiger partial charge in [0.15, 0.2) is 6.10 Å². The van der Waals surface area contributed by atoms with Gasteiger partial charge in [-0.1, -0.05) is 24.2 Å². The summed E-state index contributed by atoms with van der Waals surface area (Å²) >= 11 is 5.90. The summed E-state index contributed by atoms with van der Waals surface area (Å²) in [4.78, 5) is 14.7. The predicted octanol–water partition coefficient (Wildman–Crippen LogP) is 6.57. The number of nitrogens with zero attached hydrogens (tertiary/aromatic N) is 1. The third kappa shape index (κ3) is 5.91. The molecule has 0 spiro atoms. The number of nitrogens with one attached hydrogen (secondary N) is 2. The Kier molecular flexibility index (Phi) is 7.60. The summed E-state index contributed by atoms with van der Waals surface area (Å²) < 4.78 is 73.5. The zero-order valence-corrected chi connectivity index (χ0v) is 19.2. The minimum absolute atomic E-state index is 0.144. The number of rotatable bonds is 9. The van der Waals surface area contributed by atoms with E-state index >= 15 is 0 Å². The average molecular weight is 504 g/mol. The topological polar surface area (TPSA) is 53.6 Å². The van der Waals surface area contributed by atoms with Crippen LogP contribution in [0.2, 0.25) is 5.02 Å². The summed E-state index contributed by atoms with van der Waals surface area (Å²) in [6.45, 7) is 7.11. The lowest BCUT2D eigenvalue weighted by atomic mass is 10.1. The molecule has 0 aliphatic heterocycles. The zero-order valence-electron chi connectivity index (χ0n) is 18.4. The van der Waals surface area contributed by atoms with Crippen molar-refractivity contribution in [1.29, 1.82) is 0 Å². The van der Waals surface area contributed by atoms with Crippen LogP contribution in [0.25, 0.3) is 0 Å². The molecule has 0 radical (unpaired) electrons. The Morgan fingerprint density at radius 3 is 2.47 bits per heavy atom. The summed E-state index contributed by atoms with van der Waals surface area (Å²) in [6, 6.07) is 5.56. The average Bonchev–Trinajstić information content (AvgIpc) is 3.57. The van der Waals surface area contributed by atoms with E-state index in [1.807, 2.05) is 11.8 Å². The van der Waals surface area contributed by atoms with E-state index in [0.29, 0.717) is 18.4 Å². The number of alkyl halides is 3. The Morgan fingerprint density at radius 2 is 1.91 bits per heavy atom. The van der Waals surface area contributed by atoms with Crippen LogP contribution in [-0.4, -0.2) is 35.7 Å². The van der Waals surface area contributed by atoms with Gasteiger partial charge in [-0.25, -0.2) is 8.78 Å². The highest BCUT2D eigenvalue weighted by molar-refractivity contribution is 6.34. The molecule has 1 aliphatic carbocycles. The summed E-state index contributed by atoms with van der Waals surface area (Å²) in [6.07, 6.45) is -5.16. The Morgan fingerprint density at radius 1 is 1.24 bits per heavy atom. The van der Waals surface area contributed by atoms with Gasteiger partial charge in [0.05, 0.1) is 27.8 Å². The maximum atomic E-state index is 14.9. The van der Waals surface area contributed by atoms with E-state index in [1.165, 1.54) is 12.1 Å². The van der Waals surface area contributed by atoms with Crippen LogP contribution in [0.5, 0.6) is 5.75 Å². The maximum Gasteiger partial charge on any atom is 0.425 e. The number of carbonyl (C=O) groups is 1. The third-order valence-electron chi connectivity index (χ3n) is 5.23. The molecule has 2 aromatic rings. The van der Waals surface area contributed by atoms with Gasteiger partial charge in [0.2, 0.25) is 0 Å². The molecule has 1 atom stereocenters. The molecule has 1 fully saturated rings. The number of hydrogen-bond donors (Lipinski definition) is 2. The fourth-order valence-electron chi connectivity index (χ4n) is 3.26. The summed E-state index contributed by atoms with van der Waals surface area (Å²) in [5.41, 5.74) is -1.20. The molecule has 3 rings (SSSR count). The number of benzene rings is 2. The molecule has 0 heterocycles. The monoisotopic (exact) mass is 503 g/mol. The van der Waals surface area contributed by atoms with Crippen LogP contribution >= 0.6 is 11.6 Å². The van der Waals surface area contributed by atoms with Gasteiger partial charge < -0.3 is 20.3 Å². The van der Waals surface area contributed by atoms with Crippen LogP contribution in [0.3, 0.4) is 0 Å². The van der Waals surface area contributed by atoms with E-state index in [0.717, 1.165) is 31.9 Å². The van der Waals surface area contributed by atoms with E-state index in [9.17, 15) is 26.7 Å². The second kappa shape index (κ2) is 10.1. The van der Waals surface area contributed by atoms with E-state index in [2.05, 4.69) is 17.2 Å². The second-order valence-corrected chi connectivity index (χ2v) is 8.18. The van der Waals surface area contributed by atoms with Crippen molar-refractivity contribution in [2.45, 2.75) is 45.0 Å². The molecule has 34 heavy (non-hydrogen) atoms. The largest absolute Gasteiger partial charge is 0.480 e. The fraction of sp³-hybridized carbons (Fsp3) is 0.348. The van der Waals surface area contributed by atoms with Crippen LogP contribution in [0.1, 0.15) is 37.0 Å². The second-order valence-electron chi connectivity index (χ2n) is 7.77. The number of hydrogen-bond acceptors (Lipinski definition) is 4. The Labute approximate surface area is 198 Å². The number of ether oxygens (including phenoxy) is 1. The molecule has 0 unspecified atom stereocenters. The maximum absolute atomic E-state index is 14.9. The lowest BCUT2D eigenvalue weighted by Crippen LogP contribution is -2.32. The van der Waals surface area contributed by atoms with Gasteiger partial charge in [-0.15, -0.1) is 0 Å². The molecule has 2 aromatic carbocycles. The van der Waals surface area contributed by atoms with Gasteiger partial charge in [0.25, 0.3) is 5.91 Å². The van der Waals surface area contributed by atoms with E-state index < -0.39 is 46.8 Å². The highest BCUT2D eigenvalue weighted by atomic mass is 35.5. The Balaban J connectivity index is 1.96. The van der Waals surface area contributed by atoms with Crippen molar-refractivity contribution in [1.82, 2.24) is 4.90 Å². The number of para-hydroxylation sites is 1.